The summed E-state index contributed by atoms with van der Waals surface area (Å²) in [5, 5.41) is 0. The number of rotatable bonds is 28. The van der Waals surface area contributed by atoms with Crippen LogP contribution in [0.2, 0.25) is 129 Å². The van der Waals surface area contributed by atoms with E-state index in [1.807, 2.05) is 111 Å². The molecule has 3 heterocycles. The van der Waals surface area contributed by atoms with Crippen molar-refractivity contribution in [2.75, 3.05) is 26.4 Å². The highest BCUT2D eigenvalue weighted by atomic mass is 28.5. The number of cyclic esters (lactones) is 2. The van der Waals surface area contributed by atoms with E-state index in [9.17, 15) is 38.4 Å². The van der Waals surface area contributed by atoms with E-state index in [0.29, 0.717) is 52.1 Å². The topological polar surface area (TPSA) is 247 Å². The Morgan fingerprint density at radius 1 is 0.414 bits per heavy atom. The molecule has 584 valence electrons. The van der Waals surface area contributed by atoms with E-state index in [1.54, 1.807) is 27.7 Å². The highest BCUT2D eigenvalue weighted by Crippen LogP contribution is 2.34. The molecule has 0 aromatic carbocycles. The van der Waals surface area contributed by atoms with Gasteiger partial charge in [0, 0.05) is 37.1 Å². The largest absolute Gasteiger partial charge is 0.465 e. The lowest BCUT2D eigenvalue weighted by molar-refractivity contribution is -0.167. The molecule has 0 saturated carbocycles. The lowest BCUT2D eigenvalue weighted by Crippen LogP contribution is -2.65. The molecule has 0 aliphatic carbocycles. The summed E-state index contributed by atoms with van der Waals surface area (Å²) in [6.45, 7) is 75.4. The van der Waals surface area contributed by atoms with Gasteiger partial charge in [-0.05, 0) is 212 Å². The third-order valence-corrected chi connectivity index (χ3v) is 39.5. The normalized spacial score (nSPS) is 19.0. The van der Waals surface area contributed by atoms with Crippen molar-refractivity contribution in [1.82, 2.24) is 0 Å². The molecule has 4 unspecified atom stereocenters. The summed E-state index contributed by atoms with van der Waals surface area (Å²) in [7, 11) is -12.6. The van der Waals surface area contributed by atoms with Crippen LogP contribution in [0, 0.1) is 32.5 Å². The molecule has 0 amide bonds. The minimum Gasteiger partial charge on any atom is -0.465 e. The van der Waals surface area contributed by atoms with E-state index < -0.39 is 98.9 Å². The summed E-state index contributed by atoms with van der Waals surface area (Å²) >= 11 is 0. The second-order valence-electron chi connectivity index (χ2n) is 35.9. The van der Waals surface area contributed by atoms with Crippen molar-refractivity contribution >= 4 is 106 Å². The Kier molecular flexibility index (Phi) is 42.9. The van der Waals surface area contributed by atoms with Gasteiger partial charge in [0.2, 0.25) is 12.2 Å². The van der Waals surface area contributed by atoms with Gasteiger partial charge in [-0.25, -0.2) is 9.59 Å². The van der Waals surface area contributed by atoms with Crippen LogP contribution in [0.1, 0.15) is 203 Å². The molecular formula is C72H148O20Si7. The lowest BCUT2D eigenvalue weighted by Gasteiger charge is -2.47. The molecular weight excluding hydrogens is 1380 g/mol. The maximum atomic E-state index is 12.1. The molecule has 3 rings (SSSR count). The predicted octanol–water partition coefficient (Wildman–Crippen LogP) is 18.3. The Labute approximate surface area is 610 Å². The van der Waals surface area contributed by atoms with E-state index in [0.717, 1.165) is 56.7 Å². The van der Waals surface area contributed by atoms with E-state index in [-0.39, 0.29) is 64.3 Å². The van der Waals surface area contributed by atoms with Crippen molar-refractivity contribution in [3.8, 4) is 0 Å². The first-order valence-corrected chi connectivity index (χ1v) is 58.7. The standard InChI is InChI=1S/C16H38O6Si4.3C12H26O2Si.2C10H16O4/c1-11-16(2,3)15(17)18-13-12-14-26(10)21-24(6,7)19-23(4,5)20-25(8,9)22-26;2*1-8-12(3,4)11(13)14-10(2)9-15(5,6)7;1-7-12(2,3)11(13)14-9-8-10-15(4,5)6;2*1-4-10(2,3)9(12)14-7-5-6-13-8(7)11/h11-14H2,1-10H3;2*10H,8-9H2,1-7H3;7-10H2,1-6H3;2*7H,4-6H2,1-3H3. The monoisotopic (exact) mass is 1530 g/mol. The average Bonchev–Trinajstić information content (AvgIpc) is 1.42. The number of hydrogen-bond donors (Lipinski definition) is 0. The first-order chi connectivity index (χ1) is 44.3. The minimum absolute atomic E-state index is 0.0550. The molecule has 3 aliphatic heterocycles. The van der Waals surface area contributed by atoms with Crippen LogP contribution in [0.15, 0.2) is 0 Å². The van der Waals surface area contributed by atoms with Gasteiger partial charge in [-0.15, -0.1) is 0 Å². The second-order valence-corrected chi connectivity index (χ2v) is 67.0. The fourth-order valence-electron chi connectivity index (χ4n) is 9.23. The molecule has 0 radical (unpaired) electrons. The van der Waals surface area contributed by atoms with Crippen LogP contribution in [0.3, 0.4) is 0 Å². The van der Waals surface area contributed by atoms with Crippen LogP contribution in [0.25, 0.3) is 0 Å². The van der Waals surface area contributed by atoms with Gasteiger partial charge in [-0.3, -0.25) is 28.8 Å². The van der Waals surface area contributed by atoms with E-state index >= 15 is 0 Å². The first-order valence-electron chi connectivity index (χ1n) is 36.6. The molecule has 3 aliphatic rings. The Bertz CT molecular complexity index is 2370. The number of esters is 8. The summed E-state index contributed by atoms with van der Waals surface area (Å²) in [4.78, 5) is 92.5. The number of carbonyl (C=O) groups excluding carboxylic acids is 8. The van der Waals surface area contributed by atoms with Gasteiger partial charge in [-0.2, -0.15) is 0 Å². The molecule has 4 atom stereocenters. The third kappa shape index (κ3) is 43.9. The number of carbonyl (C=O) groups is 8. The van der Waals surface area contributed by atoms with Gasteiger partial charge in [-0.1, -0.05) is 107 Å². The quantitative estimate of drug-likeness (QED) is 0.0306. The van der Waals surface area contributed by atoms with Crippen molar-refractivity contribution in [3.63, 3.8) is 0 Å². The molecule has 3 saturated heterocycles. The third-order valence-electron chi connectivity index (χ3n) is 17.5. The molecule has 20 nitrogen and oxygen atoms in total. The van der Waals surface area contributed by atoms with Gasteiger partial charge in [0.15, 0.2) is 0 Å². The summed E-state index contributed by atoms with van der Waals surface area (Å²) < 4.78 is 66.9. The zero-order valence-corrected chi connectivity index (χ0v) is 76.7. The van der Waals surface area contributed by atoms with Crippen molar-refractivity contribution < 1.29 is 92.7 Å². The van der Waals surface area contributed by atoms with Crippen LogP contribution in [0.4, 0.5) is 0 Å². The number of ether oxygens (including phenoxy) is 8. The first kappa shape index (κ1) is 100. The molecule has 0 aromatic rings. The van der Waals surface area contributed by atoms with Crippen molar-refractivity contribution in [2.45, 2.75) is 356 Å². The van der Waals surface area contributed by atoms with Crippen molar-refractivity contribution in [1.29, 1.82) is 0 Å². The van der Waals surface area contributed by atoms with E-state index in [4.69, 9.17) is 54.4 Å². The van der Waals surface area contributed by atoms with Gasteiger partial charge in [0.1, 0.15) is 0 Å². The highest BCUT2D eigenvalue weighted by molar-refractivity contribution is 6.93. The Hall–Kier alpha value is -2.88. The molecule has 0 N–H and O–H groups in total. The molecule has 0 bridgehead atoms. The maximum Gasteiger partial charge on any atom is 0.347 e. The van der Waals surface area contributed by atoms with Crippen molar-refractivity contribution in [2.24, 2.45) is 32.5 Å². The fourth-order valence-corrected chi connectivity index (χ4v) is 35.6. The number of hydrogen-bond acceptors (Lipinski definition) is 20. The zero-order chi connectivity index (χ0) is 78.6. The highest BCUT2D eigenvalue weighted by Gasteiger charge is 2.52. The Balaban J connectivity index is -0.00000114. The van der Waals surface area contributed by atoms with Gasteiger partial charge < -0.3 is 54.4 Å². The van der Waals surface area contributed by atoms with Gasteiger partial charge in [0.25, 0.3) is 0 Å². The van der Waals surface area contributed by atoms with Crippen LogP contribution in [0.5, 0.6) is 0 Å². The van der Waals surface area contributed by atoms with E-state index in [1.165, 1.54) is 6.04 Å². The van der Waals surface area contributed by atoms with Gasteiger partial charge >= 0.3 is 82.0 Å². The fraction of sp³-hybridized carbons (Fsp3) is 0.889. The maximum absolute atomic E-state index is 12.1. The molecule has 99 heavy (non-hydrogen) atoms. The van der Waals surface area contributed by atoms with Crippen LogP contribution >= 0.6 is 0 Å². The predicted molar refractivity (Wildman–Crippen MR) is 415 cm³/mol. The average molecular weight is 1530 g/mol. The Morgan fingerprint density at radius 3 is 0.929 bits per heavy atom. The SMILES string of the molecule is CCC(C)(C)C(=O)OC(C)C[Si](C)(C)C.CCC(C)(C)C(=O)OC(C)C[Si](C)(C)C.CCC(C)(C)C(=O)OC1CCOC1=O.CCC(C)(C)C(=O)OC1CCOC1=O.CCC(C)(C)C(=O)OCCC[Si](C)(C)C.CCC(C)(C)C(=O)OCCC[Si]1(C)O[Si](C)(C)O[Si](C)(C)O[Si](C)(C)O1. The van der Waals surface area contributed by atoms with Gasteiger partial charge in [0.05, 0.1) is 71.1 Å². The molecule has 0 aromatic heterocycles. The Morgan fingerprint density at radius 2 is 0.677 bits per heavy atom. The minimum atomic E-state index is -2.47. The van der Waals surface area contributed by atoms with Crippen LogP contribution in [-0.2, 0) is 92.7 Å². The molecule has 3 fully saturated rings. The summed E-state index contributed by atoms with van der Waals surface area (Å²) in [5.74, 6) is -1.83. The summed E-state index contributed by atoms with van der Waals surface area (Å²) in [6, 6.07) is 4.07. The summed E-state index contributed by atoms with van der Waals surface area (Å²) in [5.41, 5.74) is -2.48. The lowest BCUT2D eigenvalue weighted by atomic mass is 9.90. The van der Waals surface area contributed by atoms with Crippen LogP contribution in [-0.4, -0.2) is 157 Å². The summed E-state index contributed by atoms with van der Waals surface area (Å²) in [6.07, 6.45) is 6.07. The van der Waals surface area contributed by atoms with E-state index in [2.05, 4.69) is 105 Å². The van der Waals surface area contributed by atoms with Crippen molar-refractivity contribution in [3.05, 3.63) is 0 Å². The smallest absolute Gasteiger partial charge is 0.347 e. The molecule has 27 heteroatoms. The van der Waals surface area contributed by atoms with Crippen LogP contribution < -0.4 is 0 Å². The second kappa shape index (κ2) is 42.3. The molecule has 0 spiro atoms. The zero-order valence-electron chi connectivity index (χ0n) is 69.7.